The van der Waals surface area contributed by atoms with Crippen LogP contribution in [0.3, 0.4) is 0 Å². The number of guanidine groups is 1. The summed E-state index contributed by atoms with van der Waals surface area (Å²) in [5.41, 5.74) is 0.380. The van der Waals surface area contributed by atoms with Crippen LogP contribution in [0.15, 0.2) is 35.6 Å². The average molecular weight is 349 g/mol. The summed E-state index contributed by atoms with van der Waals surface area (Å²) in [5.74, 6) is 0.773. The number of nitrogens with zero attached hydrogens (tertiary/aromatic N) is 3. The summed E-state index contributed by atoms with van der Waals surface area (Å²) in [4.78, 5) is 8.50. The molecule has 0 spiro atoms. The van der Waals surface area contributed by atoms with Gasteiger partial charge in [0, 0.05) is 37.6 Å². The quantitative estimate of drug-likeness (QED) is 0.622. The monoisotopic (exact) mass is 349 g/mol. The van der Waals surface area contributed by atoms with Crippen LogP contribution in [0, 0.1) is 17.6 Å². The minimum Gasteiger partial charge on any atom is -0.350 e. The first-order chi connectivity index (χ1) is 11.9. The molecule has 1 aromatic heterocycles. The lowest BCUT2D eigenvalue weighted by molar-refractivity contribution is 0.503. The molecular formula is C18H25F2N5. The highest BCUT2D eigenvalue weighted by atomic mass is 19.1. The molecule has 2 aromatic rings. The fourth-order valence-electron chi connectivity index (χ4n) is 2.56. The van der Waals surface area contributed by atoms with Gasteiger partial charge in [0.25, 0.3) is 0 Å². The summed E-state index contributed by atoms with van der Waals surface area (Å²) in [6, 6.07) is 3.20. The highest BCUT2D eigenvalue weighted by Gasteiger charge is 2.13. The molecule has 0 amide bonds. The molecule has 0 fully saturated rings. The Kier molecular flexibility index (Phi) is 6.50. The molecule has 0 aliphatic carbocycles. The van der Waals surface area contributed by atoms with Crippen LogP contribution >= 0.6 is 0 Å². The van der Waals surface area contributed by atoms with Gasteiger partial charge in [-0.05, 0) is 18.9 Å². The largest absolute Gasteiger partial charge is 0.350 e. The maximum Gasteiger partial charge on any atom is 0.191 e. The van der Waals surface area contributed by atoms with E-state index in [1.165, 1.54) is 12.1 Å². The van der Waals surface area contributed by atoms with E-state index in [0.29, 0.717) is 24.0 Å². The predicted molar refractivity (Wildman–Crippen MR) is 95.2 cm³/mol. The Labute approximate surface area is 147 Å². The Morgan fingerprint density at radius 2 is 2.04 bits per heavy atom. The van der Waals surface area contributed by atoms with Gasteiger partial charge in [-0.25, -0.2) is 13.8 Å². The number of rotatable bonds is 6. The van der Waals surface area contributed by atoms with Gasteiger partial charge in [-0.2, -0.15) is 0 Å². The summed E-state index contributed by atoms with van der Waals surface area (Å²) >= 11 is 0. The molecule has 1 atom stereocenters. The van der Waals surface area contributed by atoms with Crippen molar-refractivity contribution >= 4 is 5.96 Å². The highest BCUT2D eigenvalue weighted by Crippen LogP contribution is 2.17. The number of benzene rings is 1. The Bertz CT molecular complexity index is 724. The van der Waals surface area contributed by atoms with Crippen molar-refractivity contribution in [3.05, 3.63) is 53.6 Å². The molecule has 5 nitrogen and oxygen atoms in total. The number of nitrogens with one attached hydrogen (secondary N) is 2. The number of halogens is 2. The first-order valence-corrected chi connectivity index (χ1v) is 8.32. The smallest absolute Gasteiger partial charge is 0.191 e. The van der Waals surface area contributed by atoms with Crippen LogP contribution in [0.2, 0.25) is 0 Å². The van der Waals surface area contributed by atoms with Crippen LogP contribution in [-0.2, 0) is 13.1 Å². The van der Waals surface area contributed by atoms with E-state index in [-0.39, 0.29) is 6.04 Å². The Balaban J connectivity index is 1.98. The van der Waals surface area contributed by atoms with Gasteiger partial charge >= 0.3 is 0 Å². The van der Waals surface area contributed by atoms with Crippen molar-refractivity contribution in [3.8, 4) is 0 Å². The van der Waals surface area contributed by atoms with Crippen LogP contribution in [-0.4, -0.2) is 22.6 Å². The van der Waals surface area contributed by atoms with Gasteiger partial charge in [0.2, 0.25) is 0 Å². The van der Waals surface area contributed by atoms with E-state index >= 15 is 0 Å². The summed E-state index contributed by atoms with van der Waals surface area (Å²) in [5, 5.41) is 6.28. The molecule has 0 saturated carbocycles. The molecule has 0 aliphatic rings. The molecule has 1 unspecified atom stereocenters. The third-order valence-corrected chi connectivity index (χ3v) is 3.78. The fraction of sp³-hybridized carbons (Fsp3) is 0.444. The van der Waals surface area contributed by atoms with Gasteiger partial charge in [0.15, 0.2) is 5.96 Å². The maximum absolute atomic E-state index is 13.9. The third kappa shape index (κ3) is 5.27. The van der Waals surface area contributed by atoms with E-state index in [9.17, 15) is 8.78 Å². The normalized spacial score (nSPS) is 13.2. The third-order valence-electron chi connectivity index (χ3n) is 3.78. The molecule has 2 rings (SSSR count). The molecule has 7 heteroatoms. The first kappa shape index (κ1) is 18.9. The zero-order valence-corrected chi connectivity index (χ0v) is 15.1. The van der Waals surface area contributed by atoms with Crippen molar-refractivity contribution < 1.29 is 8.78 Å². The van der Waals surface area contributed by atoms with Crippen molar-refractivity contribution in [3.63, 3.8) is 0 Å². The van der Waals surface area contributed by atoms with Crippen LogP contribution in [0.5, 0.6) is 0 Å². The second-order valence-electron chi connectivity index (χ2n) is 6.35. The van der Waals surface area contributed by atoms with Crippen molar-refractivity contribution in [1.82, 2.24) is 20.2 Å². The highest BCUT2D eigenvalue weighted by molar-refractivity contribution is 5.80. The Morgan fingerprint density at radius 1 is 1.28 bits per heavy atom. The van der Waals surface area contributed by atoms with Crippen molar-refractivity contribution in [2.75, 3.05) is 7.05 Å². The van der Waals surface area contributed by atoms with Gasteiger partial charge in [0.1, 0.15) is 17.5 Å². The second kappa shape index (κ2) is 8.60. The molecule has 0 bridgehead atoms. The van der Waals surface area contributed by atoms with Crippen molar-refractivity contribution in [2.24, 2.45) is 10.9 Å². The van der Waals surface area contributed by atoms with Gasteiger partial charge < -0.3 is 15.2 Å². The van der Waals surface area contributed by atoms with Crippen LogP contribution < -0.4 is 10.6 Å². The van der Waals surface area contributed by atoms with Crippen LogP contribution in [0.4, 0.5) is 8.78 Å². The second-order valence-corrected chi connectivity index (χ2v) is 6.35. The van der Waals surface area contributed by atoms with Gasteiger partial charge in [0.05, 0.1) is 12.6 Å². The van der Waals surface area contributed by atoms with E-state index in [0.717, 1.165) is 18.4 Å². The molecule has 136 valence electrons. The summed E-state index contributed by atoms with van der Waals surface area (Å²) < 4.78 is 29.0. The molecular weight excluding hydrogens is 324 g/mol. The van der Waals surface area contributed by atoms with E-state index in [2.05, 4.69) is 39.0 Å². The van der Waals surface area contributed by atoms with E-state index in [1.54, 1.807) is 20.2 Å². The van der Waals surface area contributed by atoms with Gasteiger partial charge in [-0.15, -0.1) is 0 Å². The fourth-order valence-corrected chi connectivity index (χ4v) is 2.56. The molecule has 1 heterocycles. The van der Waals surface area contributed by atoms with Gasteiger partial charge in [-0.1, -0.05) is 19.9 Å². The molecule has 2 N–H and O–H groups in total. The van der Waals surface area contributed by atoms with E-state index < -0.39 is 11.6 Å². The first-order valence-electron chi connectivity index (χ1n) is 8.32. The summed E-state index contributed by atoms with van der Waals surface area (Å²) in [7, 11) is 1.64. The lowest BCUT2D eigenvalue weighted by atomic mass is 10.1. The predicted octanol–water partition coefficient (Wildman–Crippen LogP) is 3.24. The number of hydrogen-bond donors (Lipinski definition) is 2. The lowest BCUT2D eigenvalue weighted by Crippen LogP contribution is -2.39. The molecule has 0 radical (unpaired) electrons. The van der Waals surface area contributed by atoms with Crippen molar-refractivity contribution in [1.29, 1.82) is 0 Å². The van der Waals surface area contributed by atoms with E-state index in [4.69, 9.17) is 0 Å². The summed E-state index contributed by atoms with van der Waals surface area (Å²) in [6.07, 6.45) is 3.72. The number of imidazole rings is 1. The maximum atomic E-state index is 13.9. The number of aromatic nitrogens is 2. The summed E-state index contributed by atoms with van der Waals surface area (Å²) in [6.45, 7) is 7.48. The topological polar surface area (TPSA) is 54.2 Å². The van der Waals surface area contributed by atoms with Crippen LogP contribution in [0.1, 0.15) is 38.2 Å². The SMILES string of the molecule is CN=C(NCc1nccn1CC(C)C)NC(C)c1ccc(F)cc1F. The standard InChI is InChI=1S/C18H25F2N5/c1-12(2)11-25-8-7-22-17(25)10-23-18(21-4)24-13(3)15-6-5-14(19)9-16(15)20/h5-9,12-13H,10-11H2,1-4H3,(H2,21,23,24). The minimum atomic E-state index is -0.590. The van der Waals surface area contributed by atoms with E-state index in [1.807, 2.05) is 6.20 Å². The van der Waals surface area contributed by atoms with Crippen LogP contribution in [0.25, 0.3) is 0 Å². The van der Waals surface area contributed by atoms with Crippen molar-refractivity contribution in [2.45, 2.75) is 39.9 Å². The van der Waals surface area contributed by atoms with Gasteiger partial charge in [-0.3, -0.25) is 4.99 Å². The number of aliphatic imine (C=N–C) groups is 1. The molecule has 0 aliphatic heterocycles. The average Bonchev–Trinajstić information content (AvgIpc) is 2.97. The molecule has 0 saturated heterocycles. The lowest BCUT2D eigenvalue weighted by Gasteiger charge is -2.19. The zero-order valence-electron chi connectivity index (χ0n) is 15.1. The Morgan fingerprint density at radius 3 is 2.68 bits per heavy atom. The minimum absolute atomic E-state index is 0.359. The number of hydrogen-bond acceptors (Lipinski definition) is 2. The molecule has 25 heavy (non-hydrogen) atoms. The molecule has 1 aromatic carbocycles. The Hall–Kier alpha value is -2.44. The zero-order chi connectivity index (χ0) is 18.4.